The minimum Gasteiger partial charge on any atom is -0.354 e. The standard InChI is InChI=1S/C20H24Cl2N2O3S2/c1-15-8-9-17(12-19(15)22)24(29(2,26)27)13-20(25)23-10-5-11-28-14-16-6-3-4-7-18(16)21/h3-4,6-9,12H,5,10-11,13-14H2,1-2H3,(H,23,25). The molecule has 2 aromatic carbocycles. The highest BCUT2D eigenvalue weighted by Crippen LogP contribution is 2.25. The van der Waals surface area contributed by atoms with Gasteiger partial charge in [-0.1, -0.05) is 47.5 Å². The van der Waals surface area contributed by atoms with Crippen LogP contribution in [0.2, 0.25) is 10.0 Å². The third kappa shape index (κ3) is 7.74. The van der Waals surface area contributed by atoms with Crippen molar-refractivity contribution in [1.82, 2.24) is 5.32 Å². The number of anilines is 1. The molecule has 0 bridgehead atoms. The quantitative estimate of drug-likeness (QED) is 0.514. The van der Waals surface area contributed by atoms with Crippen LogP contribution in [-0.4, -0.2) is 39.4 Å². The van der Waals surface area contributed by atoms with Gasteiger partial charge in [-0.15, -0.1) is 0 Å². The number of nitrogens with one attached hydrogen (secondary N) is 1. The summed E-state index contributed by atoms with van der Waals surface area (Å²) in [7, 11) is -3.62. The van der Waals surface area contributed by atoms with Crippen LogP contribution in [0.5, 0.6) is 0 Å². The lowest BCUT2D eigenvalue weighted by Gasteiger charge is -2.22. The molecule has 0 spiro atoms. The fourth-order valence-corrected chi connectivity index (χ4v) is 4.79. The molecule has 2 rings (SSSR count). The third-order valence-electron chi connectivity index (χ3n) is 4.13. The first-order chi connectivity index (χ1) is 13.7. The Kier molecular flexibility index (Phi) is 9.14. The summed E-state index contributed by atoms with van der Waals surface area (Å²) in [5, 5.41) is 3.98. The van der Waals surface area contributed by atoms with Crippen LogP contribution in [0.3, 0.4) is 0 Å². The van der Waals surface area contributed by atoms with Gasteiger partial charge in [0.25, 0.3) is 0 Å². The van der Waals surface area contributed by atoms with E-state index in [0.717, 1.165) is 44.6 Å². The fourth-order valence-electron chi connectivity index (χ4n) is 2.52. The summed E-state index contributed by atoms with van der Waals surface area (Å²) in [6, 6.07) is 12.6. The number of sulfonamides is 1. The second-order valence-electron chi connectivity index (χ2n) is 6.55. The van der Waals surface area contributed by atoms with Gasteiger partial charge in [-0.25, -0.2) is 8.42 Å². The minimum absolute atomic E-state index is 0.287. The molecule has 0 atom stereocenters. The highest BCUT2D eigenvalue weighted by molar-refractivity contribution is 7.98. The van der Waals surface area contributed by atoms with Crippen LogP contribution < -0.4 is 9.62 Å². The predicted molar refractivity (Wildman–Crippen MR) is 124 cm³/mol. The van der Waals surface area contributed by atoms with Crippen LogP contribution in [0, 0.1) is 6.92 Å². The number of carbonyl (C=O) groups excluding carboxylic acids is 1. The predicted octanol–water partition coefficient (Wildman–Crippen LogP) is 4.51. The van der Waals surface area contributed by atoms with Crippen LogP contribution in [-0.2, 0) is 20.6 Å². The van der Waals surface area contributed by atoms with Gasteiger partial charge in [-0.2, -0.15) is 11.8 Å². The number of thioether (sulfide) groups is 1. The van der Waals surface area contributed by atoms with E-state index in [9.17, 15) is 13.2 Å². The number of hydrogen-bond acceptors (Lipinski definition) is 4. The zero-order chi connectivity index (χ0) is 21.4. The van der Waals surface area contributed by atoms with E-state index in [4.69, 9.17) is 23.2 Å². The summed E-state index contributed by atoms with van der Waals surface area (Å²) in [4.78, 5) is 12.2. The summed E-state index contributed by atoms with van der Waals surface area (Å²) in [6.45, 7) is 2.01. The van der Waals surface area contributed by atoms with E-state index < -0.39 is 10.0 Å². The SMILES string of the molecule is Cc1ccc(N(CC(=O)NCCCSCc2ccccc2Cl)S(C)(=O)=O)cc1Cl. The average Bonchev–Trinajstić information content (AvgIpc) is 2.65. The Hall–Kier alpha value is -1.41. The molecule has 9 heteroatoms. The number of aryl methyl sites for hydroxylation is 1. The monoisotopic (exact) mass is 474 g/mol. The van der Waals surface area contributed by atoms with Gasteiger partial charge in [0, 0.05) is 22.3 Å². The van der Waals surface area contributed by atoms with E-state index in [0.29, 0.717) is 17.3 Å². The van der Waals surface area contributed by atoms with Gasteiger partial charge in [-0.05, 0) is 48.4 Å². The van der Waals surface area contributed by atoms with Crippen molar-refractivity contribution in [2.75, 3.05) is 29.4 Å². The van der Waals surface area contributed by atoms with Crippen molar-refractivity contribution in [2.45, 2.75) is 19.1 Å². The maximum Gasteiger partial charge on any atom is 0.240 e. The van der Waals surface area contributed by atoms with E-state index in [1.165, 1.54) is 0 Å². The van der Waals surface area contributed by atoms with Crippen LogP contribution in [0.1, 0.15) is 17.5 Å². The molecule has 0 unspecified atom stereocenters. The Labute approximate surface area is 186 Å². The first-order valence-corrected chi connectivity index (χ1v) is 12.8. The summed E-state index contributed by atoms with van der Waals surface area (Å²) in [5.74, 6) is 1.31. The van der Waals surface area contributed by atoms with Crippen LogP contribution in [0.4, 0.5) is 5.69 Å². The van der Waals surface area contributed by atoms with Crippen LogP contribution in [0.25, 0.3) is 0 Å². The lowest BCUT2D eigenvalue weighted by molar-refractivity contribution is -0.119. The largest absolute Gasteiger partial charge is 0.354 e. The van der Waals surface area contributed by atoms with Crippen molar-refractivity contribution in [2.24, 2.45) is 0 Å². The highest BCUT2D eigenvalue weighted by Gasteiger charge is 2.21. The summed E-state index contributed by atoms with van der Waals surface area (Å²) < 4.78 is 25.3. The fraction of sp³-hybridized carbons (Fsp3) is 0.350. The summed E-state index contributed by atoms with van der Waals surface area (Å²) in [6.07, 6.45) is 1.84. The smallest absolute Gasteiger partial charge is 0.240 e. The van der Waals surface area contributed by atoms with Gasteiger partial charge in [-0.3, -0.25) is 9.10 Å². The molecule has 1 N–H and O–H groups in total. The zero-order valence-electron chi connectivity index (χ0n) is 16.3. The number of benzene rings is 2. The molecular formula is C20H24Cl2N2O3S2. The Balaban J connectivity index is 1.80. The molecule has 0 fully saturated rings. The van der Waals surface area contributed by atoms with E-state index in [-0.39, 0.29) is 12.5 Å². The normalized spacial score (nSPS) is 11.3. The van der Waals surface area contributed by atoms with Crippen molar-refractivity contribution >= 4 is 56.6 Å². The van der Waals surface area contributed by atoms with Gasteiger partial charge in [0.1, 0.15) is 6.54 Å². The van der Waals surface area contributed by atoms with Gasteiger partial charge < -0.3 is 5.32 Å². The van der Waals surface area contributed by atoms with E-state index >= 15 is 0 Å². The van der Waals surface area contributed by atoms with E-state index in [1.54, 1.807) is 30.0 Å². The highest BCUT2D eigenvalue weighted by atomic mass is 35.5. The molecule has 0 saturated heterocycles. The Morgan fingerprint density at radius 3 is 2.52 bits per heavy atom. The van der Waals surface area contributed by atoms with Crippen LogP contribution >= 0.6 is 35.0 Å². The molecule has 158 valence electrons. The number of carbonyl (C=O) groups is 1. The molecule has 2 aromatic rings. The number of halogens is 2. The first-order valence-electron chi connectivity index (χ1n) is 9.00. The van der Waals surface area contributed by atoms with Gasteiger partial charge in [0.05, 0.1) is 11.9 Å². The average molecular weight is 475 g/mol. The Morgan fingerprint density at radius 1 is 1.14 bits per heavy atom. The van der Waals surface area contributed by atoms with Crippen molar-refractivity contribution in [3.63, 3.8) is 0 Å². The lowest BCUT2D eigenvalue weighted by Crippen LogP contribution is -2.40. The topological polar surface area (TPSA) is 66.5 Å². The molecular weight excluding hydrogens is 451 g/mol. The maximum atomic E-state index is 12.2. The van der Waals surface area contributed by atoms with Gasteiger partial charge in [0.15, 0.2) is 0 Å². The molecule has 5 nitrogen and oxygen atoms in total. The number of hydrogen-bond donors (Lipinski definition) is 1. The van der Waals surface area contributed by atoms with Crippen molar-refractivity contribution < 1.29 is 13.2 Å². The summed E-state index contributed by atoms with van der Waals surface area (Å²) >= 11 is 14.0. The molecule has 0 radical (unpaired) electrons. The number of nitrogens with zero attached hydrogens (tertiary/aromatic N) is 1. The van der Waals surface area contributed by atoms with E-state index in [1.807, 2.05) is 31.2 Å². The third-order valence-corrected chi connectivity index (χ3v) is 7.14. The molecule has 0 heterocycles. The molecule has 0 aliphatic rings. The van der Waals surface area contributed by atoms with Crippen molar-refractivity contribution in [3.05, 3.63) is 63.6 Å². The summed E-state index contributed by atoms with van der Waals surface area (Å²) in [5.41, 5.74) is 2.29. The first kappa shape index (κ1) is 23.9. The molecule has 0 aliphatic carbocycles. The lowest BCUT2D eigenvalue weighted by atomic mass is 10.2. The molecule has 29 heavy (non-hydrogen) atoms. The number of rotatable bonds is 10. The Bertz CT molecular complexity index is 952. The minimum atomic E-state index is -3.62. The van der Waals surface area contributed by atoms with Crippen LogP contribution in [0.15, 0.2) is 42.5 Å². The van der Waals surface area contributed by atoms with E-state index in [2.05, 4.69) is 5.32 Å². The second kappa shape index (κ2) is 11.1. The molecule has 0 saturated carbocycles. The number of amides is 1. The molecule has 1 amide bonds. The maximum absolute atomic E-state index is 12.2. The molecule has 0 aliphatic heterocycles. The zero-order valence-corrected chi connectivity index (χ0v) is 19.5. The van der Waals surface area contributed by atoms with Crippen molar-refractivity contribution in [3.8, 4) is 0 Å². The van der Waals surface area contributed by atoms with Crippen molar-refractivity contribution in [1.29, 1.82) is 0 Å². The Morgan fingerprint density at radius 2 is 1.86 bits per heavy atom. The molecule has 0 aromatic heterocycles. The second-order valence-corrected chi connectivity index (χ2v) is 10.4. The van der Waals surface area contributed by atoms with Gasteiger partial charge >= 0.3 is 0 Å². The van der Waals surface area contributed by atoms with Gasteiger partial charge in [0.2, 0.25) is 15.9 Å².